The molecule has 4 heteroatoms. The van der Waals surface area contributed by atoms with Crippen molar-refractivity contribution in [1.82, 2.24) is 0 Å². The summed E-state index contributed by atoms with van der Waals surface area (Å²) < 4.78 is 5.75. The zero-order valence-electron chi connectivity index (χ0n) is 12.7. The van der Waals surface area contributed by atoms with Crippen LogP contribution in [0.1, 0.15) is 25.7 Å². The van der Waals surface area contributed by atoms with Gasteiger partial charge in [0.1, 0.15) is 11.5 Å². The topological polar surface area (TPSA) is 38.3 Å². The Bertz CT molecular complexity index is 722. The van der Waals surface area contributed by atoms with Gasteiger partial charge in [0.15, 0.2) is 5.78 Å². The van der Waals surface area contributed by atoms with Crippen LogP contribution in [0.3, 0.4) is 0 Å². The Morgan fingerprint density at radius 1 is 1.00 bits per heavy atom. The summed E-state index contributed by atoms with van der Waals surface area (Å²) in [6, 6.07) is 14.9. The predicted octanol–water partition coefficient (Wildman–Crippen LogP) is 5.57. The number of nitrogens with one attached hydrogen (secondary N) is 1. The molecule has 0 radical (unpaired) electrons. The van der Waals surface area contributed by atoms with Gasteiger partial charge in [-0.25, -0.2) is 0 Å². The first-order valence-electron chi connectivity index (χ1n) is 7.73. The first-order valence-corrected chi connectivity index (χ1v) is 8.11. The Morgan fingerprint density at radius 3 is 2.48 bits per heavy atom. The Morgan fingerprint density at radius 2 is 1.74 bits per heavy atom. The molecule has 3 rings (SSSR count). The van der Waals surface area contributed by atoms with E-state index in [9.17, 15) is 4.79 Å². The lowest BCUT2D eigenvalue weighted by Gasteiger charge is -2.13. The first kappa shape index (κ1) is 15.6. The fraction of sp³-hybridized carbons (Fsp3) is 0.211. The summed E-state index contributed by atoms with van der Waals surface area (Å²) in [6.45, 7) is 0. The molecule has 0 atom stereocenters. The van der Waals surface area contributed by atoms with E-state index in [0.29, 0.717) is 22.9 Å². The Hall–Kier alpha value is -2.26. The molecule has 2 aromatic carbocycles. The number of ketones is 1. The molecule has 0 amide bonds. The molecule has 1 saturated carbocycles. The quantitative estimate of drug-likeness (QED) is 0.746. The minimum Gasteiger partial charge on any atom is -0.456 e. The minimum absolute atomic E-state index is 0.252. The second kappa shape index (κ2) is 7.34. The first-order chi connectivity index (χ1) is 11.2. The van der Waals surface area contributed by atoms with Crippen LogP contribution in [0.2, 0.25) is 5.02 Å². The van der Waals surface area contributed by atoms with Crippen molar-refractivity contribution in [1.29, 1.82) is 0 Å². The van der Waals surface area contributed by atoms with Crippen LogP contribution >= 0.6 is 11.6 Å². The monoisotopic (exact) mass is 327 g/mol. The average Bonchev–Trinajstić information content (AvgIpc) is 2.57. The third kappa shape index (κ3) is 4.14. The molecule has 1 aliphatic rings. The smallest absolute Gasteiger partial charge is 0.160 e. The van der Waals surface area contributed by atoms with Crippen molar-refractivity contribution in [3.63, 3.8) is 0 Å². The summed E-state index contributed by atoms with van der Waals surface area (Å²) in [5, 5.41) is 3.76. The Labute approximate surface area is 140 Å². The summed E-state index contributed by atoms with van der Waals surface area (Å²) in [4.78, 5) is 11.8. The van der Waals surface area contributed by atoms with Crippen molar-refractivity contribution in [3.8, 4) is 11.5 Å². The number of allylic oxidation sites excluding steroid dienone is 1. The van der Waals surface area contributed by atoms with Gasteiger partial charge in [0.25, 0.3) is 0 Å². The highest BCUT2D eigenvalue weighted by Gasteiger charge is 2.14. The molecule has 1 N–H and O–H groups in total. The summed E-state index contributed by atoms with van der Waals surface area (Å²) in [6.07, 6.45) is 5.44. The fourth-order valence-electron chi connectivity index (χ4n) is 2.50. The van der Waals surface area contributed by atoms with Gasteiger partial charge in [-0.05, 0) is 55.7 Å². The van der Waals surface area contributed by atoms with E-state index >= 15 is 0 Å². The van der Waals surface area contributed by atoms with E-state index in [1.165, 1.54) is 0 Å². The molecular formula is C19H18ClNO2. The molecule has 3 nitrogen and oxygen atoms in total. The number of anilines is 1. The van der Waals surface area contributed by atoms with E-state index in [2.05, 4.69) is 5.32 Å². The molecule has 2 aromatic rings. The largest absolute Gasteiger partial charge is 0.456 e. The van der Waals surface area contributed by atoms with Gasteiger partial charge in [0.05, 0.1) is 5.02 Å². The van der Waals surface area contributed by atoms with Crippen molar-refractivity contribution >= 4 is 23.1 Å². The minimum atomic E-state index is 0.252. The molecule has 23 heavy (non-hydrogen) atoms. The second-order valence-electron chi connectivity index (χ2n) is 5.50. The third-order valence-corrected chi connectivity index (χ3v) is 4.10. The van der Waals surface area contributed by atoms with E-state index in [4.69, 9.17) is 16.3 Å². The second-order valence-corrected chi connectivity index (χ2v) is 5.91. The van der Waals surface area contributed by atoms with Gasteiger partial charge in [-0.1, -0.05) is 23.7 Å². The van der Waals surface area contributed by atoms with Gasteiger partial charge >= 0.3 is 0 Å². The van der Waals surface area contributed by atoms with E-state index < -0.39 is 0 Å². The zero-order chi connectivity index (χ0) is 16.1. The maximum absolute atomic E-state index is 11.8. The van der Waals surface area contributed by atoms with Crippen LogP contribution in [0.15, 0.2) is 60.3 Å². The van der Waals surface area contributed by atoms with Gasteiger partial charge in [0.2, 0.25) is 0 Å². The van der Waals surface area contributed by atoms with Crippen LogP contribution in [-0.4, -0.2) is 5.78 Å². The van der Waals surface area contributed by atoms with Crippen LogP contribution in [0, 0.1) is 0 Å². The number of carbonyl (C=O) groups excluding carboxylic acids is 1. The van der Waals surface area contributed by atoms with Crippen LogP contribution < -0.4 is 10.1 Å². The summed E-state index contributed by atoms with van der Waals surface area (Å²) >= 11 is 6.08. The molecule has 0 saturated heterocycles. The highest BCUT2D eigenvalue weighted by atomic mass is 35.5. The third-order valence-electron chi connectivity index (χ3n) is 3.79. The zero-order valence-corrected chi connectivity index (χ0v) is 13.5. The molecule has 0 spiro atoms. The highest BCUT2D eigenvalue weighted by Crippen LogP contribution is 2.29. The SMILES string of the molecule is O=C1CCCCC1=CNc1ccc(Oc2ccccc2Cl)cc1. The van der Waals surface area contributed by atoms with Crippen molar-refractivity contribution in [2.45, 2.75) is 25.7 Å². The number of ether oxygens (including phenoxy) is 1. The van der Waals surface area contributed by atoms with Gasteiger partial charge in [0, 0.05) is 23.9 Å². The molecule has 1 fully saturated rings. The number of para-hydroxylation sites is 1. The van der Waals surface area contributed by atoms with E-state index in [1.807, 2.05) is 48.7 Å². The van der Waals surface area contributed by atoms with Crippen molar-refractivity contribution in [2.75, 3.05) is 5.32 Å². The van der Waals surface area contributed by atoms with Gasteiger partial charge < -0.3 is 10.1 Å². The maximum atomic E-state index is 11.8. The van der Waals surface area contributed by atoms with Crippen LogP contribution in [0.25, 0.3) is 0 Å². The number of hydrogen-bond donors (Lipinski definition) is 1. The van der Waals surface area contributed by atoms with Gasteiger partial charge in [-0.15, -0.1) is 0 Å². The number of benzene rings is 2. The number of Topliss-reactive ketones (excluding diaryl/α,β-unsaturated/α-hetero) is 1. The molecule has 0 heterocycles. The fourth-order valence-corrected chi connectivity index (χ4v) is 2.67. The molecule has 0 aliphatic heterocycles. The van der Waals surface area contributed by atoms with E-state index in [1.54, 1.807) is 6.07 Å². The molecule has 1 aliphatic carbocycles. The lowest BCUT2D eigenvalue weighted by molar-refractivity contribution is -0.116. The van der Waals surface area contributed by atoms with E-state index in [0.717, 1.165) is 30.5 Å². The maximum Gasteiger partial charge on any atom is 0.160 e. The normalized spacial score (nSPS) is 16.4. The average molecular weight is 328 g/mol. The van der Waals surface area contributed by atoms with E-state index in [-0.39, 0.29) is 5.78 Å². The number of halogens is 1. The predicted molar refractivity (Wildman–Crippen MR) is 93.1 cm³/mol. The summed E-state index contributed by atoms with van der Waals surface area (Å²) in [7, 11) is 0. The standard InChI is InChI=1S/C19H18ClNO2/c20-17-6-2-4-8-19(17)23-16-11-9-15(10-12-16)21-13-14-5-1-3-7-18(14)22/h2,4,6,8-13,21H,1,3,5,7H2. The highest BCUT2D eigenvalue weighted by molar-refractivity contribution is 6.32. The van der Waals surface area contributed by atoms with Gasteiger partial charge in [-0.3, -0.25) is 4.79 Å². The van der Waals surface area contributed by atoms with Crippen LogP contribution in [0.5, 0.6) is 11.5 Å². The van der Waals surface area contributed by atoms with Crippen LogP contribution in [0.4, 0.5) is 5.69 Å². The van der Waals surface area contributed by atoms with Crippen molar-refractivity contribution < 1.29 is 9.53 Å². The Kier molecular flexibility index (Phi) is 4.99. The number of carbonyl (C=O) groups is 1. The molecule has 118 valence electrons. The molecular weight excluding hydrogens is 310 g/mol. The van der Waals surface area contributed by atoms with Crippen LogP contribution in [-0.2, 0) is 4.79 Å². The Balaban J connectivity index is 1.64. The number of hydrogen-bond acceptors (Lipinski definition) is 3. The summed E-state index contributed by atoms with van der Waals surface area (Å²) in [5.74, 6) is 1.59. The van der Waals surface area contributed by atoms with Crippen molar-refractivity contribution in [2.24, 2.45) is 0 Å². The van der Waals surface area contributed by atoms with Gasteiger partial charge in [-0.2, -0.15) is 0 Å². The summed E-state index contributed by atoms with van der Waals surface area (Å²) in [5.41, 5.74) is 1.80. The molecule has 0 aromatic heterocycles. The van der Waals surface area contributed by atoms with Crippen molar-refractivity contribution in [3.05, 3.63) is 65.3 Å². The lowest BCUT2D eigenvalue weighted by Crippen LogP contribution is -2.09. The lowest BCUT2D eigenvalue weighted by atomic mass is 9.94. The number of rotatable bonds is 4. The molecule has 0 bridgehead atoms. The molecule has 0 unspecified atom stereocenters.